The van der Waals surface area contributed by atoms with Crippen LogP contribution in [0.5, 0.6) is 0 Å². The summed E-state index contributed by atoms with van der Waals surface area (Å²) in [6, 6.07) is 0. The van der Waals surface area contributed by atoms with E-state index in [0.29, 0.717) is 0 Å². The van der Waals surface area contributed by atoms with Crippen molar-refractivity contribution in [3.05, 3.63) is 17.7 Å². The second-order valence-corrected chi connectivity index (χ2v) is 2.72. The molecule has 0 aliphatic heterocycles. The molecule has 1 aromatic heterocycles. The van der Waals surface area contributed by atoms with Gasteiger partial charge in [0.05, 0.1) is 18.6 Å². The standard InChI is InChI=1S/C7H6F3N3O3/c8-7(9,10)6(16)11-1-3-4(5(14)15)13-2-12-3/h2H,1H2,(H,11,16)(H,12,13)(H,14,15). The lowest BCUT2D eigenvalue weighted by Gasteiger charge is -2.06. The number of halogens is 3. The molecule has 0 fully saturated rings. The lowest BCUT2D eigenvalue weighted by molar-refractivity contribution is -0.173. The zero-order valence-corrected chi connectivity index (χ0v) is 7.63. The van der Waals surface area contributed by atoms with Crippen molar-refractivity contribution in [3.63, 3.8) is 0 Å². The number of hydrogen-bond donors (Lipinski definition) is 3. The first-order chi connectivity index (χ1) is 7.32. The molecule has 0 saturated heterocycles. The second-order valence-electron chi connectivity index (χ2n) is 2.72. The number of nitrogens with zero attached hydrogens (tertiary/aromatic N) is 1. The van der Waals surface area contributed by atoms with E-state index < -0.39 is 30.3 Å². The van der Waals surface area contributed by atoms with Crippen LogP contribution in [-0.4, -0.2) is 33.1 Å². The third-order valence-corrected chi connectivity index (χ3v) is 1.60. The molecule has 0 radical (unpaired) electrons. The number of alkyl halides is 3. The number of rotatable bonds is 3. The van der Waals surface area contributed by atoms with Crippen molar-refractivity contribution >= 4 is 11.9 Å². The molecule has 9 heteroatoms. The number of carbonyl (C=O) groups excluding carboxylic acids is 1. The molecule has 0 aliphatic rings. The number of H-pyrrole nitrogens is 1. The van der Waals surface area contributed by atoms with Gasteiger partial charge in [-0.3, -0.25) is 4.79 Å². The molecule has 0 aliphatic carbocycles. The summed E-state index contributed by atoms with van der Waals surface area (Å²) in [4.78, 5) is 26.6. The molecule has 1 rings (SSSR count). The van der Waals surface area contributed by atoms with Crippen LogP contribution < -0.4 is 5.32 Å². The van der Waals surface area contributed by atoms with E-state index in [2.05, 4.69) is 9.97 Å². The Morgan fingerprint density at radius 1 is 1.50 bits per heavy atom. The van der Waals surface area contributed by atoms with Crippen LogP contribution in [0.4, 0.5) is 13.2 Å². The highest BCUT2D eigenvalue weighted by Gasteiger charge is 2.38. The number of aromatic carboxylic acids is 1. The number of carbonyl (C=O) groups is 2. The van der Waals surface area contributed by atoms with E-state index in [1.54, 1.807) is 0 Å². The maximum atomic E-state index is 11.8. The first kappa shape index (κ1) is 12.0. The number of hydrogen-bond acceptors (Lipinski definition) is 3. The summed E-state index contributed by atoms with van der Waals surface area (Å²) >= 11 is 0. The minimum atomic E-state index is -5.00. The van der Waals surface area contributed by atoms with Crippen molar-refractivity contribution < 1.29 is 27.9 Å². The number of carboxylic acids is 1. The van der Waals surface area contributed by atoms with Gasteiger partial charge in [-0.05, 0) is 0 Å². The normalized spacial score (nSPS) is 11.2. The predicted octanol–water partition coefficient (Wildman–Crippen LogP) is 0.286. The van der Waals surface area contributed by atoms with Gasteiger partial charge in [-0.25, -0.2) is 9.78 Å². The predicted molar refractivity (Wildman–Crippen MR) is 43.4 cm³/mol. The number of carboxylic acid groups (broad SMARTS) is 1. The summed E-state index contributed by atoms with van der Waals surface area (Å²) in [6.07, 6.45) is -3.98. The van der Waals surface area contributed by atoms with Crippen molar-refractivity contribution in [3.8, 4) is 0 Å². The summed E-state index contributed by atoms with van der Waals surface area (Å²) in [5, 5.41) is 10.1. The molecule has 1 heterocycles. The van der Waals surface area contributed by atoms with Gasteiger partial charge in [0.2, 0.25) is 0 Å². The number of aromatic amines is 1. The summed E-state index contributed by atoms with van der Waals surface area (Å²) in [6.45, 7) is -0.583. The molecule has 3 N–H and O–H groups in total. The highest BCUT2D eigenvalue weighted by atomic mass is 19.4. The summed E-state index contributed by atoms with van der Waals surface area (Å²) in [5.74, 6) is -3.53. The van der Waals surface area contributed by atoms with Gasteiger partial charge < -0.3 is 15.4 Å². The van der Waals surface area contributed by atoms with Crippen molar-refractivity contribution in [1.82, 2.24) is 15.3 Å². The van der Waals surface area contributed by atoms with Crippen LogP contribution in [0.3, 0.4) is 0 Å². The maximum absolute atomic E-state index is 11.8. The Bertz CT molecular complexity index is 412. The number of nitrogens with one attached hydrogen (secondary N) is 2. The lowest BCUT2D eigenvalue weighted by Crippen LogP contribution is -2.36. The van der Waals surface area contributed by atoms with E-state index >= 15 is 0 Å². The number of aromatic nitrogens is 2. The van der Waals surface area contributed by atoms with Crippen LogP contribution in [-0.2, 0) is 11.3 Å². The molecule has 0 spiro atoms. The molecule has 6 nitrogen and oxygen atoms in total. The average molecular weight is 237 g/mol. The first-order valence-corrected chi connectivity index (χ1v) is 3.93. The van der Waals surface area contributed by atoms with Gasteiger partial charge in [-0.2, -0.15) is 13.2 Å². The molecule has 0 aromatic carbocycles. The Labute approximate surface area is 86.5 Å². The Morgan fingerprint density at radius 2 is 2.12 bits per heavy atom. The second kappa shape index (κ2) is 4.21. The minimum absolute atomic E-state index is 0.106. The maximum Gasteiger partial charge on any atom is 0.471 e. The highest BCUT2D eigenvalue weighted by molar-refractivity contribution is 5.87. The van der Waals surface area contributed by atoms with E-state index in [0.717, 1.165) is 6.33 Å². The van der Waals surface area contributed by atoms with Crippen LogP contribution in [0, 0.1) is 0 Å². The minimum Gasteiger partial charge on any atom is -0.476 e. The molecule has 0 atom stereocenters. The third kappa shape index (κ3) is 2.72. The van der Waals surface area contributed by atoms with Crippen LogP contribution in [0.25, 0.3) is 0 Å². The van der Waals surface area contributed by atoms with Crippen LogP contribution >= 0.6 is 0 Å². The van der Waals surface area contributed by atoms with Gasteiger partial charge in [-0.1, -0.05) is 0 Å². The van der Waals surface area contributed by atoms with Crippen LogP contribution in [0.1, 0.15) is 16.2 Å². The number of imidazole rings is 1. The molecule has 0 saturated carbocycles. The van der Waals surface area contributed by atoms with E-state index in [4.69, 9.17) is 5.11 Å². The van der Waals surface area contributed by atoms with Crippen molar-refractivity contribution in [2.24, 2.45) is 0 Å². The fourth-order valence-electron chi connectivity index (χ4n) is 0.909. The monoisotopic (exact) mass is 237 g/mol. The largest absolute Gasteiger partial charge is 0.476 e. The van der Waals surface area contributed by atoms with Gasteiger partial charge >= 0.3 is 18.1 Å². The average Bonchev–Trinajstić information content (AvgIpc) is 2.60. The SMILES string of the molecule is O=C(O)c1nc[nH]c1CNC(=O)C(F)(F)F. The third-order valence-electron chi connectivity index (χ3n) is 1.60. The molecular weight excluding hydrogens is 231 g/mol. The quantitative estimate of drug-likeness (QED) is 0.703. The zero-order valence-electron chi connectivity index (χ0n) is 7.63. The van der Waals surface area contributed by atoms with Crippen LogP contribution in [0.2, 0.25) is 0 Å². The van der Waals surface area contributed by atoms with E-state index in [-0.39, 0.29) is 5.69 Å². The fraction of sp³-hybridized carbons (Fsp3) is 0.286. The van der Waals surface area contributed by atoms with Crippen LogP contribution in [0.15, 0.2) is 6.33 Å². The zero-order chi connectivity index (χ0) is 12.3. The summed E-state index contributed by atoms with van der Waals surface area (Å²) in [5.41, 5.74) is -0.535. The van der Waals surface area contributed by atoms with Gasteiger partial charge in [0.25, 0.3) is 0 Å². The lowest BCUT2D eigenvalue weighted by atomic mass is 10.3. The Balaban J connectivity index is 2.65. The smallest absolute Gasteiger partial charge is 0.471 e. The van der Waals surface area contributed by atoms with Gasteiger partial charge in [-0.15, -0.1) is 0 Å². The molecule has 16 heavy (non-hydrogen) atoms. The Hall–Kier alpha value is -2.06. The van der Waals surface area contributed by atoms with Gasteiger partial charge in [0, 0.05) is 0 Å². The van der Waals surface area contributed by atoms with Crippen molar-refractivity contribution in [2.75, 3.05) is 0 Å². The Kier molecular flexibility index (Phi) is 3.16. The van der Waals surface area contributed by atoms with E-state index in [9.17, 15) is 22.8 Å². The molecule has 1 aromatic rings. The molecule has 0 unspecified atom stereocenters. The highest BCUT2D eigenvalue weighted by Crippen LogP contribution is 2.14. The topological polar surface area (TPSA) is 95.1 Å². The Morgan fingerprint density at radius 3 is 2.62 bits per heavy atom. The molecule has 0 bridgehead atoms. The van der Waals surface area contributed by atoms with Crippen molar-refractivity contribution in [1.29, 1.82) is 0 Å². The summed E-state index contributed by atoms with van der Waals surface area (Å²) in [7, 11) is 0. The van der Waals surface area contributed by atoms with Gasteiger partial charge in [0.15, 0.2) is 5.69 Å². The first-order valence-electron chi connectivity index (χ1n) is 3.93. The van der Waals surface area contributed by atoms with Crippen molar-refractivity contribution in [2.45, 2.75) is 12.7 Å². The molecule has 1 amide bonds. The van der Waals surface area contributed by atoms with Gasteiger partial charge in [0.1, 0.15) is 0 Å². The van der Waals surface area contributed by atoms with E-state index in [1.165, 1.54) is 5.32 Å². The molecule has 88 valence electrons. The number of amides is 1. The van der Waals surface area contributed by atoms with E-state index in [1.807, 2.05) is 0 Å². The molecular formula is C7H6F3N3O3. The fourth-order valence-corrected chi connectivity index (χ4v) is 0.909. The summed E-state index contributed by atoms with van der Waals surface area (Å²) < 4.78 is 35.3.